The second-order valence-electron chi connectivity index (χ2n) is 5.89. The number of hydrogen-bond acceptors (Lipinski definition) is 2. The fourth-order valence-electron chi connectivity index (χ4n) is 3.05. The monoisotopic (exact) mass is 396 g/mol. The summed E-state index contributed by atoms with van der Waals surface area (Å²) < 4.78 is 0. The van der Waals surface area contributed by atoms with E-state index in [0.717, 1.165) is 22.3 Å². The number of benzene rings is 1. The molecule has 1 N–H and O–H groups in total. The molecule has 0 bridgehead atoms. The van der Waals surface area contributed by atoms with E-state index in [1.807, 2.05) is 0 Å². The van der Waals surface area contributed by atoms with Crippen molar-refractivity contribution < 1.29 is 9.90 Å². The minimum atomic E-state index is -0.156. The molecule has 0 spiro atoms. The molecule has 0 fully saturated rings. The minimum Gasteiger partial charge on any atom is -0.508 e. The highest BCUT2D eigenvalue weighted by Crippen LogP contribution is 2.36. The fraction of sp³-hybridized carbons (Fsp3) is 0.588. The summed E-state index contributed by atoms with van der Waals surface area (Å²) in [5, 5.41) is 10.1. The average Bonchev–Trinajstić information content (AvgIpc) is 2.91. The van der Waals surface area contributed by atoms with Gasteiger partial charge in [0.25, 0.3) is 0 Å². The van der Waals surface area contributed by atoms with Gasteiger partial charge in [-0.15, -0.1) is 46.4 Å². The molecule has 0 radical (unpaired) electrons. The van der Waals surface area contributed by atoms with Gasteiger partial charge in [0.15, 0.2) is 5.78 Å². The molecule has 0 saturated carbocycles. The average molecular weight is 398 g/mol. The number of rotatable bonds is 8. The van der Waals surface area contributed by atoms with Crippen LogP contribution in [0.25, 0.3) is 0 Å². The third kappa shape index (κ3) is 4.69. The van der Waals surface area contributed by atoms with Crippen molar-refractivity contribution in [1.29, 1.82) is 0 Å². The van der Waals surface area contributed by atoms with Gasteiger partial charge >= 0.3 is 0 Å². The largest absolute Gasteiger partial charge is 0.508 e. The molecular weight excluding hydrogens is 378 g/mol. The number of phenolic OH excluding ortho intramolecular Hbond substituents is 1. The molecule has 1 aliphatic rings. The first-order chi connectivity index (χ1) is 11.0. The molecule has 2 nitrogen and oxygen atoms in total. The van der Waals surface area contributed by atoms with Crippen LogP contribution < -0.4 is 0 Å². The molecule has 6 heteroatoms. The molecule has 128 valence electrons. The van der Waals surface area contributed by atoms with Crippen LogP contribution in [0.5, 0.6) is 5.75 Å². The van der Waals surface area contributed by atoms with E-state index in [-0.39, 0.29) is 22.3 Å². The Morgan fingerprint density at radius 3 is 2.13 bits per heavy atom. The van der Waals surface area contributed by atoms with Crippen molar-refractivity contribution in [2.45, 2.75) is 49.3 Å². The topological polar surface area (TPSA) is 37.3 Å². The Labute approximate surface area is 157 Å². The van der Waals surface area contributed by atoms with E-state index >= 15 is 0 Å². The lowest BCUT2D eigenvalue weighted by Gasteiger charge is -2.18. The number of phenols is 1. The van der Waals surface area contributed by atoms with Crippen LogP contribution in [0.1, 0.15) is 46.3 Å². The minimum absolute atomic E-state index is 0.146. The fourth-order valence-corrected chi connectivity index (χ4v) is 3.58. The Balaban J connectivity index is 2.34. The van der Waals surface area contributed by atoms with Crippen molar-refractivity contribution in [2.24, 2.45) is 0 Å². The third-order valence-corrected chi connectivity index (χ3v) is 6.06. The van der Waals surface area contributed by atoms with Gasteiger partial charge in [0.1, 0.15) is 5.75 Å². The number of carbonyl (C=O) groups is 1. The van der Waals surface area contributed by atoms with Crippen LogP contribution in [0.4, 0.5) is 0 Å². The van der Waals surface area contributed by atoms with E-state index in [2.05, 4.69) is 0 Å². The van der Waals surface area contributed by atoms with E-state index in [0.29, 0.717) is 50.3 Å². The summed E-state index contributed by atoms with van der Waals surface area (Å²) >= 11 is 23.8. The summed E-state index contributed by atoms with van der Waals surface area (Å²) in [5.74, 6) is 1.11. The Kier molecular flexibility index (Phi) is 7.34. The standard InChI is InChI=1S/C17H20Cl4O2/c18-8-11(20)2-4-13-14(5-3-12(21)9-19)17-10(7-16(13)23)1-6-15(17)22/h7,11-12,23H,1-6,8-9H2. The number of aryl methyl sites for hydroxylation is 1. The summed E-state index contributed by atoms with van der Waals surface area (Å²) in [6.07, 6.45) is 3.74. The third-order valence-electron chi connectivity index (χ3n) is 4.26. The quantitative estimate of drug-likeness (QED) is 0.621. The van der Waals surface area contributed by atoms with Gasteiger partial charge in [-0.25, -0.2) is 0 Å². The van der Waals surface area contributed by atoms with Gasteiger partial charge in [-0.2, -0.15) is 0 Å². The Hall–Kier alpha value is -0.150. The van der Waals surface area contributed by atoms with E-state index in [1.54, 1.807) is 6.07 Å². The first kappa shape index (κ1) is 19.2. The van der Waals surface area contributed by atoms with Crippen LogP contribution in [0.15, 0.2) is 6.07 Å². The first-order valence-electron chi connectivity index (χ1n) is 7.77. The highest BCUT2D eigenvalue weighted by Gasteiger charge is 2.27. The molecule has 0 saturated heterocycles. The molecule has 1 aliphatic carbocycles. The van der Waals surface area contributed by atoms with Crippen LogP contribution in [-0.2, 0) is 19.3 Å². The lowest BCUT2D eigenvalue weighted by atomic mass is 9.90. The highest BCUT2D eigenvalue weighted by atomic mass is 35.5. The van der Waals surface area contributed by atoms with Crippen LogP contribution in [0.3, 0.4) is 0 Å². The number of hydrogen-bond donors (Lipinski definition) is 1. The molecule has 2 rings (SSSR count). The zero-order valence-electron chi connectivity index (χ0n) is 12.8. The number of aromatic hydroxyl groups is 1. The molecular formula is C17H20Cl4O2. The maximum Gasteiger partial charge on any atom is 0.163 e. The van der Waals surface area contributed by atoms with Crippen molar-refractivity contribution in [2.75, 3.05) is 11.8 Å². The first-order valence-corrected chi connectivity index (χ1v) is 9.72. The predicted octanol–water partition coefficient (Wildman–Crippen LogP) is 5.08. The molecule has 2 atom stereocenters. The van der Waals surface area contributed by atoms with Crippen LogP contribution in [-0.4, -0.2) is 33.4 Å². The summed E-state index contributed by atoms with van der Waals surface area (Å²) in [6.45, 7) is 0. The second kappa shape index (κ2) is 8.80. The van der Waals surface area contributed by atoms with E-state index in [1.165, 1.54) is 0 Å². The Morgan fingerprint density at radius 2 is 1.57 bits per heavy atom. The SMILES string of the molecule is O=C1CCc2cc(O)c(CCC(Cl)CCl)c(CCC(Cl)CCl)c21. The van der Waals surface area contributed by atoms with Gasteiger partial charge in [-0.3, -0.25) is 4.79 Å². The summed E-state index contributed by atoms with van der Waals surface area (Å²) in [6, 6.07) is 1.72. The molecule has 2 unspecified atom stereocenters. The molecule has 0 heterocycles. The van der Waals surface area contributed by atoms with Crippen LogP contribution in [0.2, 0.25) is 0 Å². The van der Waals surface area contributed by atoms with E-state index in [4.69, 9.17) is 46.4 Å². The lowest BCUT2D eigenvalue weighted by Crippen LogP contribution is -2.11. The van der Waals surface area contributed by atoms with Gasteiger partial charge in [0, 0.05) is 34.5 Å². The van der Waals surface area contributed by atoms with Crippen LogP contribution in [0, 0.1) is 0 Å². The van der Waals surface area contributed by atoms with E-state index < -0.39 is 0 Å². The number of carbonyl (C=O) groups excluding carboxylic acids is 1. The van der Waals surface area contributed by atoms with Crippen molar-refractivity contribution in [3.63, 3.8) is 0 Å². The number of ketones is 1. The van der Waals surface area contributed by atoms with Gasteiger partial charge in [0.05, 0.1) is 0 Å². The number of alkyl halides is 4. The van der Waals surface area contributed by atoms with Gasteiger partial charge in [-0.05, 0) is 54.9 Å². The zero-order chi connectivity index (χ0) is 17.0. The summed E-state index contributed by atoms with van der Waals surface area (Å²) in [4.78, 5) is 12.3. The normalized spacial score (nSPS) is 16.4. The number of Topliss-reactive ketones (excluding diaryl/α,β-unsaturated/α-hetero) is 1. The van der Waals surface area contributed by atoms with Gasteiger partial charge in [-0.1, -0.05) is 0 Å². The van der Waals surface area contributed by atoms with Gasteiger partial charge in [0.2, 0.25) is 0 Å². The number of fused-ring (bicyclic) bond motifs is 1. The molecule has 0 aromatic heterocycles. The smallest absolute Gasteiger partial charge is 0.163 e. The molecule has 1 aromatic carbocycles. The molecule has 0 aliphatic heterocycles. The zero-order valence-corrected chi connectivity index (χ0v) is 15.8. The molecule has 1 aromatic rings. The second-order valence-corrected chi connectivity index (χ2v) is 7.74. The summed E-state index contributed by atoms with van der Waals surface area (Å²) in [7, 11) is 0. The molecule has 0 amide bonds. The van der Waals surface area contributed by atoms with Crippen molar-refractivity contribution in [1.82, 2.24) is 0 Å². The van der Waals surface area contributed by atoms with Crippen LogP contribution >= 0.6 is 46.4 Å². The maximum absolute atomic E-state index is 12.3. The van der Waals surface area contributed by atoms with E-state index in [9.17, 15) is 9.90 Å². The molecule has 23 heavy (non-hydrogen) atoms. The lowest BCUT2D eigenvalue weighted by molar-refractivity contribution is 0.0993. The summed E-state index contributed by atoms with van der Waals surface area (Å²) in [5.41, 5.74) is 3.42. The predicted molar refractivity (Wildman–Crippen MR) is 98.1 cm³/mol. The van der Waals surface area contributed by atoms with Crippen molar-refractivity contribution in [3.05, 3.63) is 28.3 Å². The van der Waals surface area contributed by atoms with Gasteiger partial charge < -0.3 is 5.11 Å². The maximum atomic E-state index is 12.3. The van der Waals surface area contributed by atoms with Crippen molar-refractivity contribution >= 4 is 52.2 Å². The number of halogens is 4. The highest BCUT2D eigenvalue weighted by molar-refractivity contribution is 6.28. The Morgan fingerprint density at radius 1 is 1.00 bits per heavy atom. The van der Waals surface area contributed by atoms with Crippen molar-refractivity contribution in [3.8, 4) is 5.75 Å². The Bertz CT molecular complexity index is 574.